The lowest BCUT2D eigenvalue weighted by molar-refractivity contribution is -0.119. The molecule has 42 heavy (non-hydrogen) atoms. The highest BCUT2D eigenvalue weighted by molar-refractivity contribution is 5.94. The van der Waals surface area contributed by atoms with Crippen LogP contribution in [-0.4, -0.2) is 73.0 Å². The van der Waals surface area contributed by atoms with E-state index >= 15 is 8.78 Å². The average molecular weight is 582 g/mol. The number of carboxylic acid groups (broad SMARTS) is 1. The number of fused-ring (bicyclic) bond motifs is 1. The first-order valence-electron chi connectivity index (χ1n) is 13.7. The number of nitrogens with one attached hydrogen (secondary N) is 1. The third kappa shape index (κ3) is 4.99. The minimum atomic E-state index is -1.35. The lowest BCUT2D eigenvalue weighted by Gasteiger charge is -2.38. The van der Waals surface area contributed by atoms with Crippen LogP contribution < -0.4 is 25.4 Å². The van der Waals surface area contributed by atoms with Gasteiger partial charge in [0.25, 0.3) is 0 Å². The summed E-state index contributed by atoms with van der Waals surface area (Å²) in [5.74, 6) is -2.82. The van der Waals surface area contributed by atoms with E-state index in [9.17, 15) is 24.3 Å². The molecule has 3 aromatic rings. The highest BCUT2D eigenvalue weighted by Crippen LogP contribution is 2.38. The van der Waals surface area contributed by atoms with Crippen LogP contribution >= 0.6 is 0 Å². The van der Waals surface area contributed by atoms with Gasteiger partial charge in [0.2, 0.25) is 11.3 Å². The Kier molecular flexibility index (Phi) is 6.95. The van der Waals surface area contributed by atoms with Crippen molar-refractivity contribution in [2.45, 2.75) is 31.9 Å². The Bertz CT molecular complexity index is 1660. The van der Waals surface area contributed by atoms with Crippen LogP contribution in [0.25, 0.3) is 10.9 Å². The Morgan fingerprint density at radius 3 is 2.33 bits per heavy atom. The molecule has 2 aromatic carbocycles. The normalized spacial score (nSPS) is 18.9. The summed E-state index contributed by atoms with van der Waals surface area (Å²) in [7, 11) is 0. The first-order valence-corrected chi connectivity index (χ1v) is 13.7. The highest BCUT2D eigenvalue weighted by atomic mass is 19.1. The van der Waals surface area contributed by atoms with Gasteiger partial charge in [-0.3, -0.25) is 14.5 Å². The number of hydrogen-bond acceptors (Lipinski definition) is 7. The Hall–Kier alpha value is -4.68. The maximum Gasteiger partial charge on any atom is 0.414 e. The minimum Gasteiger partial charge on any atom is -0.477 e. The van der Waals surface area contributed by atoms with E-state index in [0.29, 0.717) is 43.1 Å². The lowest BCUT2D eigenvalue weighted by atomic mass is 10.1. The molecular weight excluding hydrogens is 552 g/mol. The molecule has 2 aliphatic heterocycles. The molecule has 3 aliphatic rings. The summed E-state index contributed by atoms with van der Waals surface area (Å²) < 4.78 is 38.1. The van der Waals surface area contributed by atoms with E-state index in [0.717, 1.165) is 18.9 Å². The van der Waals surface area contributed by atoms with E-state index in [-0.39, 0.29) is 41.7 Å². The number of carbonyl (C=O) groups excluding carboxylic acids is 2. The summed E-state index contributed by atoms with van der Waals surface area (Å²) in [5.41, 5.74) is 0.0449. The summed E-state index contributed by atoms with van der Waals surface area (Å²) in [6.45, 7) is 3.02. The Morgan fingerprint density at radius 1 is 1.02 bits per heavy atom. The van der Waals surface area contributed by atoms with Gasteiger partial charge in [-0.2, -0.15) is 0 Å². The SMILES string of the molecule is CC(=O)NC[C@H]1CN(c2cccc(N3CCN(c4cc5c(cc4F)c(=O)c(C(=O)O)cn5C4CC4)CC3)c2F)C(=O)O1. The van der Waals surface area contributed by atoms with Gasteiger partial charge in [0, 0.05) is 50.7 Å². The Balaban J connectivity index is 1.21. The molecule has 3 fully saturated rings. The number of cyclic esters (lactones) is 1. The molecular formula is C29H29F2N5O6. The molecule has 13 heteroatoms. The molecule has 0 unspecified atom stereocenters. The third-order valence-electron chi connectivity index (χ3n) is 7.93. The second kappa shape index (κ2) is 10.6. The largest absolute Gasteiger partial charge is 0.477 e. The fourth-order valence-electron chi connectivity index (χ4n) is 5.64. The monoisotopic (exact) mass is 581 g/mol. The van der Waals surface area contributed by atoms with E-state index in [1.54, 1.807) is 22.8 Å². The first kappa shape index (κ1) is 27.5. The van der Waals surface area contributed by atoms with Crippen molar-refractivity contribution in [3.63, 3.8) is 0 Å². The van der Waals surface area contributed by atoms with Crippen molar-refractivity contribution in [2.24, 2.45) is 0 Å². The zero-order chi connectivity index (χ0) is 29.7. The number of benzene rings is 2. The van der Waals surface area contributed by atoms with E-state index in [4.69, 9.17) is 4.74 Å². The second-order valence-corrected chi connectivity index (χ2v) is 10.8. The second-order valence-electron chi connectivity index (χ2n) is 10.8. The molecule has 220 valence electrons. The van der Waals surface area contributed by atoms with Crippen LogP contribution in [0.4, 0.5) is 30.6 Å². The first-order chi connectivity index (χ1) is 20.1. The lowest BCUT2D eigenvalue weighted by Crippen LogP contribution is -2.47. The smallest absolute Gasteiger partial charge is 0.414 e. The van der Waals surface area contributed by atoms with Crippen LogP contribution in [-0.2, 0) is 9.53 Å². The molecule has 3 heterocycles. The third-order valence-corrected chi connectivity index (χ3v) is 7.93. The predicted molar refractivity (Wildman–Crippen MR) is 151 cm³/mol. The topological polar surface area (TPSA) is 124 Å². The van der Waals surface area contributed by atoms with Gasteiger partial charge in [-0.15, -0.1) is 0 Å². The number of anilines is 3. The van der Waals surface area contributed by atoms with Crippen molar-refractivity contribution in [1.29, 1.82) is 0 Å². The zero-order valence-electron chi connectivity index (χ0n) is 22.8. The number of hydrogen-bond donors (Lipinski definition) is 2. The van der Waals surface area contributed by atoms with Gasteiger partial charge >= 0.3 is 12.1 Å². The maximum atomic E-state index is 15.7. The number of carbonyl (C=O) groups is 3. The van der Waals surface area contributed by atoms with Crippen LogP contribution in [0.15, 0.2) is 41.3 Å². The summed E-state index contributed by atoms with van der Waals surface area (Å²) in [6.07, 6.45) is 1.74. The van der Waals surface area contributed by atoms with Crippen LogP contribution in [0.1, 0.15) is 36.2 Å². The van der Waals surface area contributed by atoms with Crippen molar-refractivity contribution >= 4 is 45.9 Å². The van der Waals surface area contributed by atoms with Crippen molar-refractivity contribution in [2.75, 3.05) is 54.0 Å². The van der Waals surface area contributed by atoms with Crippen molar-refractivity contribution in [3.8, 4) is 0 Å². The van der Waals surface area contributed by atoms with Crippen LogP contribution in [0, 0.1) is 11.6 Å². The molecule has 1 aliphatic carbocycles. The van der Waals surface area contributed by atoms with E-state index in [1.165, 1.54) is 24.1 Å². The quantitative estimate of drug-likeness (QED) is 0.436. The van der Waals surface area contributed by atoms with Crippen LogP contribution in [0.3, 0.4) is 0 Å². The molecule has 0 bridgehead atoms. The molecule has 6 rings (SSSR count). The van der Waals surface area contributed by atoms with Crippen molar-refractivity contribution in [3.05, 3.63) is 63.9 Å². The maximum absolute atomic E-state index is 15.7. The molecule has 2 saturated heterocycles. The van der Waals surface area contributed by atoms with Gasteiger partial charge in [0.1, 0.15) is 17.5 Å². The molecule has 0 spiro atoms. The molecule has 0 radical (unpaired) electrons. The number of nitrogens with zero attached hydrogens (tertiary/aromatic N) is 4. The van der Waals surface area contributed by atoms with Crippen molar-refractivity contribution in [1.82, 2.24) is 9.88 Å². The molecule has 1 saturated carbocycles. The number of ether oxygens (including phenoxy) is 1. The van der Waals surface area contributed by atoms with E-state index in [2.05, 4.69) is 5.32 Å². The Labute approximate surface area is 238 Å². The summed E-state index contributed by atoms with van der Waals surface area (Å²) >= 11 is 0. The van der Waals surface area contributed by atoms with Crippen LogP contribution in [0.5, 0.6) is 0 Å². The van der Waals surface area contributed by atoms with Gasteiger partial charge in [0.05, 0.1) is 35.7 Å². The Morgan fingerprint density at radius 2 is 1.69 bits per heavy atom. The zero-order valence-corrected chi connectivity index (χ0v) is 22.8. The molecule has 11 nitrogen and oxygen atoms in total. The van der Waals surface area contributed by atoms with Gasteiger partial charge in [-0.1, -0.05) is 6.07 Å². The fraction of sp³-hybridized carbons (Fsp3) is 0.379. The van der Waals surface area contributed by atoms with Crippen molar-refractivity contribution < 1.29 is 33.0 Å². The van der Waals surface area contributed by atoms with E-state index in [1.807, 2.05) is 9.80 Å². The minimum absolute atomic E-state index is 0.0281. The van der Waals surface area contributed by atoms with Gasteiger partial charge in [-0.05, 0) is 37.1 Å². The number of amides is 2. The predicted octanol–water partition coefficient (Wildman–Crippen LogP) is 3.10. The standard InChI is InChI=1S/C29H29F2N5O6/c1-16(37)32-13-18-14-36(29(41)42-18)23-4-2-3-22(26(23)31)33-7-9-34(10-8-33)25-12-24-19(11-21(25)30)27(38)20(28(39)40)15-35(24)17-5-6-17/h2-4,11-12,15,17-18H,5-10,13-14H2,1H3,(H,32,37)(H,39,40)/t18-/m0/s1. The molecule has 1 aromatic heterocycles. The highest BCUT2D eigenvalue weighted by Gasteiger charge is 2.35. The van der Waals surface area contributed by atoms with Gasteiger partial charge in [-0.25, -0.2) is 18.4 Å². The number of halogens is 2. The molecule has 1 atom stereocenters. The number of aromatic nitrogens is 1. The number of pyridine rings is 1. The summed E-state index contributed by atoms with van der Waals surface area (Å²) in [6, 6.07) is 7.54. The number of aromatic carboxylic acids is 1. The van der Waals surface area contributed by atoms with Crippen LogP contribution in [0.2, 0.25) is 0 Å². The fourth-order valence-corrected chi connectivity index (χ4v) is 5.64. The summed E-state index contributed by atoms with van der Waals surface area (Å²) in [4.78, 5) is 52.9. The number of carboxylic acids is 1. The summed E-state index contributed by atoms with van der Waals surface area (Å²) in [5, 5.41) is 12.1. The average Bonchev–Trinajstić information content (AvgIpc) is 3.74. The van der Waals surface area contributed by atoms with Gasteiger partial charge in [0.15, 0.2) is 5.82 Å². The number of piperazine rings is 1. The molecule has 2 N–H and O–H groups in total. The number of rotatable bonds is 7. The van der Waals surface area contributed by atoms with Gasteiger partial charge < -0.3 is 29.5 Å². The van der Waals surface area contributed by atoms with E-state index < -0.39 is 35.2 Å². The molecule has 2 amide bonds.